The Morgan fingerprint density at radius 1 is 1.21 bits per heavy atom. The van der Waals surface area contributed by atoms with Crippen molar-refractivity contribution in [1.29, 1.82) is 0 Å². The molecular weight excluding hydrogens is 306 g/mol. The number of likely N-dealkylation sites (tertiary alicyclic amines) is 1. The molecule has 0 saturated carbocycles. The third kappa shape index (κ3) is 4.06. The third-order valence-corrected chi connectivity index (χ3v) is 4.85. The molecule has 2 aromatic rings. The van der Waals surface area contributed by atoms with Crippen LogP contribution in [0.25, 0.3) is 11.1 Å². The van der Waals surface area contributed by atoms with Crippen molar-refractivity contribution in [3.05, 3.63) is 24.3 Å². The Kier molecular flexibility index (Phi) is 5.71. The van der Waals surface area contributed by atoms with Crippen LogP contribution < -0.4 is 4.90 Å². The van der Waals surface area contributed by atoms with Crippen molar-refractivity contribution in [1.82, 2.24) is 9.88 Å². The summed E-state index contributed by atoms with van der Waals surface area (Å²) in [6, 6.07) is 8.85. The summed E-state index contributed by atoms with van der Waals surface area (Å²) >= 11 is 0. The van der Waals surface area contributed by atoms with Crippen LogP contribution in [-0.2, 0) is 0 Å². The molecule has 1 aromatic carbocycles. The van der Waals surface area contributed by atoms with Gasteiger partial charge in [-0.1, -0.05) is 12.1 Å². The van der Waals surface area contributed by atoms with Crippen LogP contribution >= 0.6 is 0 Å². The highest BCUT2D eigenvalue weighted by molar-refractivity contribution is 5.74. The fourth-order valence-corrected chi connectivity index (χ4v) is 3.26. The largest absolute Gasteiger partial charge is 0.423 e. The van der Waals surface area contributed by atoms with Crippen molar-refractivity contribution in [3.8, 4) is 0 Å². The molecule has 6 heteroatoms. The Morgan fingerprint density at radius 2 is 1.96 bits per heavy atom. The molecule has 0 amide bonds. The standard InChI is InChI=1S/C11H12N2O.C7H15NO2/c1-2-6-10-9(5-1)12-11(14-10)13-7-3-4-8-13;1-8-3-2-7(10)4-6(8)5-9/h1-2,5-6H,3-4,7-8H2;6-7,9-10H,2-5H2,1H3. The van der Waals surface area contributed by atoms with E-state index in [2.05, 4.69) is 14.8 Å². The fourth-order valence-electron chi connectivity index (χ4n) is 3.26. The molecule has 4 rings (SSSR count). The molecule has 2 aliphatic rings. The Labute approximate surface area is 142 Å². The van der Waals surface area contributed by atoms with Crippen molar-refractivity contribution in [3.63, 3.8) is 0 Å². The average Bonchev–Trinajstić information content (AvgIpc) is 3.26. The van der Waals surface area contributed by atoms with Gasteiger partial charge in [0, 0.05) is 25.7 Å². The summed E-state index contributed by atoms with van der Waals surface area (Å²) in [5, 5.41) is 18.0. The number of hydrogen-bond donors (Lipinski definition) is 2. The highest BCUT2D eigenvalue weighted by atomic mass is 16.4. The van der Waals surface area contributed by atoms with E-state index >= 15 is 0 Å². The normalized spacial score (nSPS) is 24.9. The van der Waals surface area contributed by atoms with Crippen LogP contribution in [0.2, 0.25) is 0 Å². The number of aliphatic hydroxyl groups is 2. The number of anilines is 1. The lowest BCUT2D eigenvalue weighted by Gasteiger charge is -2.33. The van der Waals surface area contributed by atoms with Gasteiger partial charge in [0.25, 0.3) is 6.01 Å². The van der Waals surface area contributed by atoms with E-state index in [0.717, 1.165) is 43.2 Å². The lowest BCUT2D eigenvalue weighted by Crippen LogP contribution is -2.43. The zero-order valence-electron chi connectivity index (χ0n) is 14.3. The zero-order chi connectivity index (χ0) is 16.9. The second kappa shape index (κ2) is 7.96. The number of benzene rings is 1. The molecule has 0 radical (unpaired) electrons. The number of para-hydroxylation sites is 2. The number of aromatic nitrogens is 1. The Hall–Kier alpha value is -1.63. The molecule has 2 fully saturated rings. The lowest BCUT2D eigenvalue weighted by atomic mass is 10.0. The molecule has 24 heavy (non-hydrogen) atoms. The first-order valence-corrected chi connectivity index (χ1v) is 8.77. The van der Waals surface area contributed by atoms with Crippen molar-refractivity contribution in [2.75, 3.05) is 38.2 Å². The van der Waals surface area contributed by atoms with E-state index in [1.807, 2.05) is 31.3 Å². The quantitative estimate of drug-likeness (QED) is 0.874. The van der Waals surface area contributed by atoms with E-state index in [9.17, 15) is 5.11 Å². The first-order chi connectivity index (χ1) is 11.7. The maximum absolute atomic E-state index is 9.19. The van der Waals surface area contributed by atoms with Crippen LogP contribution in [-0.4, -0.2) is 65.5 Å². The summed E-state index contributed by atoms with van der Waals surface area (Å²) in [4.78, 5) is 8.75. The van der Waals surface area contributed by atoms with Crippen LogP contribution in [0.15, 0.2) is 28.7 Å². The molecular formula is C18H27N3O3. The maximum atomic E-state index is 9.19. The summed E-state index contributed by atoms with van der Waals surface area (Å²) in [6.45, 7) is 3.21. The number of fused-ring (bicyclic) bond motifs is 1. The van der Waals surface area contributed by atoms with Gasteiger partial charge in [-0.25, -0.2) is 0 Å². The molecule has 0 aliphatic carbocycles. The number of hydrogen-bond acceptors (Lipinski definition) is 6. The van der Waals surface area contributed by atoms with Gasteiger partial charge >= 0.3 is 0 Å². The van der Waals surface area contributed by atoms with E-state index in [-0.39, 0.29) is 18.8 Å². The first-order valence-electron chi connectivity index (χ1n) is 8.77. The molecule has 1 aromatic heterocycles. The minimum absolute atomic E-state index is 0.160. The van der Waals surface area contributed by atoms with Gasteiger partial charge in [-0.05, 0) is 44.9 Å². The van der Waals surface area contributed by atoms with E-state index in [0.29, 0.717) is 6.42 Å². The number of nitrogens with zero attached hydrogens (tertiary/aromatic N) is 3. The number of likely N-dealkylation sites (N-methyl/N-ethyl adjacent to an activating group) is 1. The molecule has 0 spiro atoms. The van der Waals surface area contributed by atoms with Gasteiger partial charge in [-0.3, -0.25) is 0 Å². The monoisotopic (exact) mass is 333 g/mol. The summed E-state index contributed by atoms with van der Waals surface area (Å²) in [5.74, 6) is 0. The van der Waals surface area contributed by atoms with Gasteiger partial charge in [-0.2, -0.15) is 4.98 Å². The summed E-state index contributed by atoms with van der Waals surface area (Å²) in [5.41, 5.74) is 1.84. The second-order valence-electron chi connectivity index (χ2n) is 6.65. The maximum Gasteiger partial charge on any atom is 0.298 e. The molecule has 2 saturated heterocycles. The van der Waals surface area contributed by atoms with Crippen molar-refractivity contribution in [2.24, 2.45) is 0 Å². The highest BCUT2D eigenvalue weighted by Gasteiger charge is 2.23. The van der Waals surface area contributed by atoms with Gasteiger partial charge in [0.15, 0.2) is 5.58 Å². The van der Waals surface area contributed by atoms with Crippen LogP contribution in [0.5, 0.6) is 0 Å². The molecule has 2 atom stereocenters. The Balaban J connectivity index is 0.000000150. The minimum atomic E-state index is -0.201. The first kappa shape index (κ1) is 17.2. The van der Waals surface area contributed by atoms with Crippen molar-refractivity contribution in [2.45, 2.75) is 37.8 Å². The van der Waals surface area contributed by atoms with Crippen LogP contribution in [0.1, 0.15) is 25.7 Å². The van der Waals surface area contributed by atoms with Gasteiger partial charge in [0.05, 0.1) is 12.7 Å². The fraction of sp³-hybridized carbons (Fsp3) is 0.611. The van der Waals surface area contributed by atoms with Gasteiger partial charge in [0.2, 0.25) is 0 Å². The summed E-state index contributed by atoms with van der Waals surface area (Å²) in [6.07, 6.45) is 3.85. The smallest absolute Gasteiger partial charge is 0.298 e. The molecule has 2 N–H and O–H groups in total. The average molecular weight is 333 g/mol. The Bertz CT molecular complexity index is 606. The predicted octanol–water partition coefficient (Wildman–Crippen LogP) is 1.86. The zero-order valence-corrected chi connectivity index (χ0v) is 14.3. The van der Waals surface area contributed by atoms with E-state index in [4.69, 9.17) is 9.52 Å². The molecule has 3 heterocycles. The summed E-state index contributed by atoms with van der Waals surface area (Å²) in [7, 11) is 1.98. The molecule has 2 unspecified atom stereocenters. The van der Waals surface area contributed by atoms with E-state index < -0.39 is 0 Å². The Morgan fingerprint density at radius 3 is 2.62 bits per heavy atom. The van der Waals surface area contributed by atoms with Crippen LogP contribution in [0.3, 0.4) is 0 Å². The molecule has 0 bridgehead atoms. The minimum Gasteiger partial charge on any atom is -0.423 e. The van der Waals surface area contributed by atoms with Gasteiger partial charge < -0.3 is 24.4 Å². The molecule has 132 valence electrons. The number of rotatable bonds is 2. The molecule has 6 nitrogen and oxygen atoms in total. The van der Waals surface area contributed by atoms with Gasteiger partial charge in [0.1, 0.15) is 5.52 Å². The SMILES string of the molecule is CN1CCC(O)CC1CO.c1ccc2oc(N3CCCC3)nc2c1. The second-order valence-corrected chi connectivity index (χ2v) is 6.65. The molecule has 2 aliphatic heterocycles. The van der Waals surface area contributed by atoms with E-state index in [1.165, 1.54) is 12.8 Å². The summed E-state index contributed by atoms with van der Waals surface area (Å²) < 4.78 is 5.67. The predicted molar refractivity (Wildman–Crippen MR) is 94.2 cm³/mol. The number of aliphatic hydroxyl groups excluding tert-OH is 2. The van der Waals surface area contributed by atoms with E-state index in [1.54, 1.807) is 0 Å². The van der Waals surface area contributed by atoms with Crippen molar-refractivity contribution >= 4 is 17.1 Å². The topological polar surface area (TPSA) is 73.0 Å². The lowest BCUT2D eigenvalue weighted by molar-refractivity contribution is 0.0307. The third-order valence-electron chi connectivity index (χ3n) is 4.85. The van der Waals surface area contributed by atoms with Crippen LogP contribution in [0, 0.1) is 0 Å². The van der Waals surface area contributed by atoms with Crippen molar-refractivity contribution < 1.29 is 14.6 Å². The van der Waals surface area contributed by atoms with Gasteiger partial charge in [-0.15, -0.1) is 0 Å². The number of oxazole rings is 1. The van der Waals surface area contributed by atoms with Crippen LogP contribution in [0.4, 0.5) is 6.01 Å². The highest BCUT2D eigenvalue weighted by Crippen LogP contribution is 2.24. The number of piperidine rings is 1.